The number of hydrogen-bond acceptors (Lipinski definition) is 3. The van der Waals surface area contributed by atoms with E-state index in [1.54, 1.807) is 23.4 Å². The second kappa shape index (κ2) is 4.76. The summed E-state index contributed by atoms with van der Waals surface area (Å²) in [5.41, 5.74) is 7.40. The molecule has 0 saturated carbocycles. The lowest BCUT2D eigenvalue weighted by atomic mass is 9.93. The van der Waals surface area contributed by atoms with Gasteiger partial charge in [0.1, 0.15) is 0 Å². The Morgan fingerprint density at radius 2 is 2.11 bits per heavy atom. The fourth-order valence-corrected chi connectivity index (χ4v) is 2.39. The molecule has 1 aromatic rings. The van der Waals surface area contributed by atoms with Crippen LogP contribution >= 0.6 is 0 Å². The zero-order valence-electron chi connectivity index (χ0n) is 10.1. The number of anilines is 1. The average molecular weight is 259 g/mol. The number of nitrogens with two attached hydrogens (primary N) is 1. The Bertz CT molecular complexity index is 419. The number of pyridine rings is 1. The fourth-order valence-electron chi connectivity index (χ4n) is 2.39. The molecule has 1 aromatic heterocycles. The molecule has 18 heavy (non-hydrogen) atoms. The second-order valence-corrected chi connectivity index (χ2v) is 4.80. The Hall–Kier alpha value is -1.30. The van der Waals surface area contributed by atoms with Crippen LogP contribution in [0.2, 0.25) is 0 Å². The monoisotopic (exact) mass is 259 g/mol. The first-order chi connectivity index (χ1) is 8.38. The molecule has 0 aromatic carbocycles. The fraction of sp³-hybridized carbons (Fsp3) is 0.583. The Morgan fingerprint density at radius 1 is 1.39 bits per heavy atom. The number of alkyl halides is 3. The number of hydrogen-bond donors (Lipinski definition) is 1. The SMILES string of the molecule is Cc1cnccc1N1CC(N)CC(C(F)(F)F)C1. The van der Waals surface area contributed by atoms with E-state index >= 15 is 0 Å². The van der Waals surface area contributed by atoms with Gasteiger partial charge in [-0.15, -0.1) is 0 Å². The molecular formula is C12H16F3N3. The maximum atomic E-state index is 12.8. The predicted octanol–water partition coefficient (Wildman–Crippen LogP) is 2.11. The predicted molar refractivity (Wildman–Crippen MR) is 63.3 cm³/mol. The molecule has 6 heteroatoms. The van der Waals surface area contributed by atoms with Crippen LogP contribution in [0.4, 0.5) is 18.9 Å². The highest BCUT2D eigenvalue weighted by atomic mass is 19.4. The third kappa shape index (κ3) is 2.75. The van der Waals surface area contributed by atoms with Crippen molar-refractivity contribution in [2.24, 2.45) is 11.7 Å². The minimum Gasteiger partial charge on any atom is -0.369 e. The Balaban J connectivity index is 2.22. The third-order valence-corrected chi connectivity index (χ3v) is 3.28. The van der Waals surface area contributed by atoms with Crippen LogP contribution in [-0.2, 0) is 0 Å². The van der Waals surface area contributed by atoms with Crippen LogP contribution < -0.4 is 10.6 Å². The van der Waals surface area contributed by atoms with E-state index in [1.165, 1.54) is 0 Å². The normalized spacial score (nSPS) is 25.3. The molecule has 1 saturated heterocycles. The van der Waals surface area contributed by atoms with E-state index in [-0.39, 0.29) is 13.0 Å². The van der Waals surface area contributed by atoms with Crippen LogP contribution in [-0.4, -0.2) is 30.3 Å². The van der Waals surface area contributed by atoms with Gasteiger partial charge < -0.3 is 10.6 Å². The van der Waals surface area contributed by atoms with Crippen molar-refractivity contribution >= 4 is 5.69 Å². The summed E-state index contributed by atoms with van der Waals surface area (Å²) >= 11 is 0. The van der Waals surface area contributed by atoms with Crippen molar-refractivity contribution in [1.82, 2.24) is 4.98 Å². The molecule has 0 radical (unpaired) electrons. The summed E-state index contributed by atoms with van der Waals surface area (Å²) in [6.07, 6.45) is -0.940. The van der Waals surface area contributed by atoms with Crippen molar-refractivity contribution in [1.29, 1.82) is 0 Å². The molecule has 0 aliphatic carbocycles. The first kappa shape index (κ1) is 13.1. The molecule has 2 heterocycles. The number of nitrogens with zero attached hydrogens (tertiary/aromatic N) is 2. The Morgan fingerprint density at radius 3 is 2.72 bits per heavy atom. The number of rotatable bonds is 1. The molecule has 3 nitrogen and oxygen atoms in total. The zero-order chi connectivity index (χ0) is 13.3. The Kier molecular flexibility index (Phi) is 3.47. The van der Waals surface area contributed by atoms with E-state index in [9.17, 15) is 13.2 Å². The number of halogens is 3. The van der Waals surface area contributed by atoms with E-state index in [2.05, 4.69) is 4.98 Å². The van der Waals surface area contributed by atoms with Gasteiger partial charge in [0.25, 0.3) is 0 Å². The molecule has 2 unspecified atom stereocenters. The van der Waals surface area contributed by atoms with Crippen molar-refractivity contribution in [2.45, 2.75) is 25.6 Å². The molecule has 1 fully saturated rings. The second-order valence-electron chi connectivity index (χ2n) is 4.80. The Labute approximate surface area is 104 Å². The molecule has 100 valence electrons. The van der Waals surface area contributed by atoms with Gasteiger partial charge in [-0.25, -0.2) is 0 Å². The maximum absolute atomic E-state index is 12.8. The zero-order valence-corrected chi connectivity index (χ0v) is 10.1. The van der Waals surface area contributed by atoms with Crippen LogP contribution in [0, 0.1) is 12.8 Å². The largest absolute Gasteiger partial charge is 0.393 e. The first-order valence-electron chi connectivity index (χ1n) is 5.86. The number of aromatic nitrogens is 1. The summed E-state index contributed by atoms with van der Waals surface area (Å²) in [4.78, 5) is 5.66. The summed E-state index contributed by atoms with van der Waals surface area (Å²) in [5.74, 6) is -1.35. The van der Waals surface area contributed by atoms with Crippen LogP contribution in [0.5, 0.6) is 0 Å². The van der Waals surface area contributed by atoms with Gasteiger partial charge in [0, 0.05) is 37.2 Å². The lowest BCUT2D eigenvalue weighted by Gasteiger charge is -2.39. The van der Waals surface area contributed by atoms with Crippen LogP contribution in [0.3, 0.4) is 0 Å². The van der Waals surface area contributed by atoms with Gasteiger partial charge in [-0.05, 0) is 25.0 Å². The summed E-state index contributed by atoms with van der Waals surface area (Å²) in [5, 5.41) is 0. The average Bonchev–Trinajstić information content (AvgIpc) is 2.27. The molecule has 1 aliphatic rings. The lowest BCUT2D eigenvalue weighted by molar-refractivity contribution is -0.177. The van der Waals surface area contributed by atoms with Crippen molar-refractivity contribution < 1.29 is 13.2 Å². The molecule has 0 bridgehead atoms. The number of piperidine rings is 1. The quantitative estimate of drug-likeness (QED) is 0.840. The van der Waals surface area contributed by atoms with E-state index in [4.69, 9.17) is 5.73 Å². The number of aryl methyl sites for hydroxylation is 1. The lowest BCUT2D eigenvalue weighted by Crippen LogP contribution is -2.51. The van der Waals surface area contributed by atoms with Gasteiger partial charge >= 0.3 is 6.18 Å². The highest BCUT2D eigenvalue weighted by molar-refractivity contribution is 5.52. The van der Waals surface area contributed by atoms with Gasteiger partial charge in [0.15, 0.2) is 0 Å². The molecule has 0 amide bonds. The van der Waals surface area contributed by atoms with E-state index < -0.39 is 18.1 Å². The van der Waals surface area contributed by atoms with Crippen molar-refractivity contribution in [3.05, 3.63) is 24.0 Å². The van der Waals surface area contributed by atoms with E-state index in [0.29, 0.717) is 6.54 Å². The highest BCUT2D eigenvalue weighted by Crippen LogP contribution is 2.35. The summed E-state index contributed by atoms with van der Waals surface area (Å²) in [7, 11) is 0. The van der Waals surface area contributed by atoms with Crippen LogP contribution in [0.1, 0.15) is 12.0 Å². The summed E-state index contributed by atoms with van der Waals surface area (Å²) in [6.45, 7) is 2.27. The molecule has 2 rings (SSSR count). The highest BCUT2D eigenvalue weighted by Gasteiger charge is 2.44. The van der Waals surface area contributed by atoms with Gasteiger partial charge in [-0.3, -0.25) is 4.98 Å². The molecule has 1 aliphatic heterocycles. The molecule has 0 spiro atoms. The van der Waals surface area contributed by atoms with Gasteiger partial charge in [0.05, 0.1) is 5.92 Å². The maximum Gasteiger partial charge on any atom is 0.393 e. The van der Waals surface area contributed by atoms with Gasteiger partial charge in [-0.1, -0.05) is 0 Å². The minimum absolute atomic E-state index is 0.00410. The van der Waals surface area contributed by atoms with Crippen molar-refractivity contribution in [3.8, 4) is 0 Å². The molecular weight excluding hydrogens is 243 g/mol. The summed E-state index contributed by atoms with van der Waals surface area (Å²) < 4.78 is 38.4. The smallest absolute Gasteiger partial charge is 0.369 e. The minimum atomic E-state index is -4.18. The first-order valence-corrected chi connectivity index (χ1v) is 5.86. The van der Waals surface area contributed by atoms with Crippen LogP contribution in [0.25, 0.3) is 0 Å². The van der Waals surface area contributed by atoms with Crippen molar-refractivity contribution in [3.63, 3.8) is 0 Å². The topological polar surface area (TPSA) is 42.2 Å². The van der Waals surface area contributed by atoms with Crippen molar-refractivity contribution in [2.75, 3.05) is 18.0 Å². The standard InChI is InChI=1S/C12H16F3N3/c1-8-5-17-3-2-11(8)18-6-9(12(13,14)15)4-10(16)7-18/h2-3,5,9-10H,4,6-7,16H2,1H3. The van der Waals surface area contributed by atoms with E-state index in [1.807, 2.05) is 6.92 Å². The van der Waals surface area contributed by atoms with Crippen LogP contribution in [0.15, 0.2) is 18.5 Å². The summed E-state index contributed by atoms with van der Waals surface area (Å²) in [6, 6.07) is 1.29. The third-order valence-electron chi connectivity index (χ3n) is 3.28. The van der Waals surface area contributed by atoms with Gasteiger partial charge in [-0.2, -0.15) is 13.2 Å². The molecule has 2 N–H and O–H groups in total. The van der Waals surface area contributed by atoms with Gasteiger partial charge in [0.2, 0.25) is 0 Å². The van der Waals surface area contributed by atoms with E-state index in [0.717, 1.165) is 11.3 Å². The molecule has 2 atom stereocenters.